The summed E-state index contributed by atoms with van der Waals surface area (Å²) < 4.78 is 0. The Kier molecular flexibility index (Phi) is 6.54. The number of anilines is 1. The zero-order valence-electron chi connectivity index (χ0n) is 13.0. The van der Waals surface area contributed by atoms with Crippen molar-refractivity contribution in [2.75, 3.05) is 31.1 Å². The Morgan fingerprint density at radius 1 is 1.14 bits per heavy atom. The van der Waals surface area contributed by atoms with Gasteiger partial charge in [0.2, 0.25) is 5.91 Å². The van der Waals surface area contributed by atoms with Crippen molar-refractivity contribution in [1.29, 1.82) is 0 Å². The van der Waals surface area contributed by atoms with Crippen LogP contribution in [0.2, 0.25) is 0 Å². The third kappa shape index (κ3) is 5.38. The van der Waals surface area contributed by atoms with Crippen molar-refractivity contribution >= 4 is 11.6 Å². The Balaban J connectivity index is 1.73. The maximum absolute atomic E-state index is 11.5. The molecular formula is C17H27N3O. The van der Waals surface area contributed by atoms with E-state index in [1.54, 1.807) is 0 Å². The third-order valence-corrected chi connectivity index (χ3v) is 3.84. The maximum atomic E-state index is 11.5. The highest BCUT2D eigenvalue weighted by atomic mass is 16.1. The monoisotopic (exact) mass is 289 g/mol. The summed E-state index contributed by atoms with van der Waals surface area (Å²) in [4.78, 5) is 13.9. The van der Waals surface area contributed by atoms with Crippen LogP contribution >= 0.6 is 0 Å². The fourth-order valence-corrected chi connectivity index (χ4v) is 2.62. The molecule has 1 heterocycles. The summed E-state index contributed by atoms with van der Waals surface area (Å²) in [6.45, 7) is 6.28. The van der Waals surface area contributed by atoms with Crippen LogP contribution in [0.1, 0.15) is 38.2 Å². The van der Waals surface area contributed by atoms with Crippen molar-refractivity contribution in [2.45, 2.75) is 39.2 Å². The second-order valence-electron chi connectivity index (χ2n) is 5.67. The van der Waals surface area contributed by atoms with Crippen molar-refractivity contribution in [1.82, 2.24) is 10.6 Å². The molecule has 0 bridgehead atoms. The predicted octanol–water partition coefficient (Wildman–Crippen LogP) is 2.29. The van der Waals surface area contributed by atoms with Crippen molar-refractivity contribution in [3.63, 3.8) is 0 Å². The van der Waals surface area contributed by atoms with Crippen molar-refractivity contribution in [2.24, 2.45) is 0 Å². The summed E-state index contributed by atoms with van der Waals surface area (Å²) in [7, 11) is 0. The van der Waals surface area contributed by atoms with Gasteiger partial charge < -0.3 is 15.5 Å². The first-order chi connectivity index (χ1) is 10.3. The van der Waals surface area contributed by atoms with Crippen molar-refractivity contribution in [3.05, 3.63) is 29.8 Å². The number of carbonyl (C=O) groups excluding carboxylic acids is 1. The van der Waals surface area contributed by atoms with Crippen LogP contribution in [0.15, 0.2) is 24.3 Å². The van der Waals surface area contributed by atoms with E-state index >= 15 is 0 Å². The summed E-state index contributed by atoms with van der Waals surface area (Å²) in [5.74, 6) is 0.0711. The van der Waals surface area contributed by atoms with Gasteiger partial charge in [-0.05, 0) is 43.4 Å². The Bertz CT molecular complexity index is 424. The lowest BCUT2D eigenvalue weighted by molar-refractivity contribution is -0.120. The zero-order chi connectivity index (χ0) is 14.9. The highest BCUT2D eigenvalue weighted by molar-refractivity contribution is 5.77. The molecule has 1 amide bonds. The highest BCUT2D eigenvalue weighted by Gasteiger charge is 2.10. The van der Waals surface area contributed by atoms with Gasteiger partial charge in [-0.1, -0.05) is 19.1 Å². The van der Waals surface area contributed by atoms with Gasteiger partial charge in [0.05, 0.1) is 6.54 Å². The van der Waals surface area contributed by atoms with Crippen LogP contribution in [-0.2, 0) is 11.3 Å². The average Bonchev–Trinajstić information content (AvgIpc) is 2.54. The number of nitrogens with one attached hydrogen (secondary N) is 2. The highest BCUT2D eigenvalue weighted by Crippen LogP contribution is 2.20. The summed E-state index contributed by atoms with van der Waals surface area (Å²) in [5.41, 5.74) is 2.54. The van der Waals surface area contributed by atoms with Crippen LogP contribution in [0, 0.1) is 0 Å². The topological polar surface area (TPSA) is 44.4 Å². The second-order valence-corrected chi connectivity index (χ2v) is 5.67. The molecule has 0 atom stereocenters. The van der Waals surface area contributed by atoms with E-state index < -0.39 is 0 Å². The fourth-order valence-electron chi connectivity index (χ4n) is 2.62. The lowest BCUT2D eigenvalue weighted by Crippen LogP contribution is -2.33. The summed E-state index contributed by atoms with van der Waals surface area (Å²) in [5, 5.41) is 6.05. The Hall–Kier alpha value is -1.55. The largest absolute Gasteiger partial charge is 0.372 e. The van der Waals surface area contributed by atoms with E-state index in [2.05, 4.69) is 46.7 Å². The number of carbonyl (C=O) groups is 1. The second kappa shape index (κ2) is 8.67. The first-order valence-corrected chi connectivity index (χ1v) is 8.11. The van der Waals surface area contributed by atoms with E-state index in [1.165, 1.54) is 43.6 Å². The summed E-state index contributed by atoms with van der Waals surface area (Å²) >= 11 is 0. The molecule has 0 aromatic heterocycles. The van der Waals surface area contributed by atoms with Crippen LogP contribution in [0.4, 0.5) is 5.69 Å². The molecule has 0 saturated carbocycles. The number of rotatable bonds is 7. The lowest BCUT2D eigenvalue weighted by atomic mass is 10.1. The molecule has 2 N–H and O–H groups in total. The summed E-state index contributed by atoms with van der Waals surface area (Å²) in [6.07, 6.45) is 4.94. The van der Waals surface area contributed by atoms with Crippen molar-refractivity contribution < 1.29 is 4.79 Å². The Morgan fingerprint density at radius 3 is 2.52 bits per heavy atom. The Morgan fingerprint density at radius 2 is 1.86 bits per heavy atom. The van der Waals surface area contributed by atoms with E-state index in [0.717, 1.165) is 19.5 Å². The minimum atomic E-state index is 0.0711. The number of hydrogen-bond acceptors (Lipinski definition) is 3. The quantitative estimate of drug-likeness (QED) is 0.809. The normalized spacial score (nSPS) is 15.0. The number of hydrogen-bond donors (Lipinski definition) is 2. The Labute approximate surface area is 127 Å². The van der Waals surface area contributed by atoms with Gasteiger partial charge in [0.25, 0.3) is 0 Å². The number of nitrogens with zero attached hydrogens (tertiary/aromatic N) is 1. The standard InChI is InChI=1S/C17H27N3O/c1-2-10-19-17(21)14-18-13-15-6-8-16(9-7-15)20-11-4-3-5-12-20/h6-9,18H,2-5,10-14H2,1H3,(H,19,21). The van der Waals surface area contributed by atoms with Crippen LogP contribution in [-0.4, -0.2) is 32.1 Å². The molecule has 21 heavy (non-hydrogen) atoms. The molecule has 0 aliphatic carbocycles. The first-order valence-electron chi connectivity index (χ1n) is 8.11. The average molecular weight is 289 g/mol. The van der Waals surface area contributed by atoms with Gasteiger partial charge >= 0.3 is 0 Å². The number of benzene rings is 1. The molecule has 1 aromatic rings. The van der Waals surface area contributed by atoms with Gasteiger partial charge in [-0.25, -0.2) is 0 Å². The lowest BCUT2D eigenvalue weighted by Gasteiger charge is -2.28. The molecule has 4 nitrogen and oxygen atoms in total. The van der Waals surface area contributed by atoms with Gasteiger partial charge in [0.15, 0.2) is 0 Å². The minimum Gasteiger partial charge on any atom is -0.372 e. The van der Waals surface area contributed by atoms with E-state index in [-0.39, 0.29) is 5.91 Å². The number of piperidine rings is 1. The molecule has 0 spiro atoms. The molecular weight excluding hydrogens is 262 g/mol. The predicted molar refractivity (Wildman–Crippen MR) is 87.5 cm³/mol. The van der Waals surface area contributed by atoms with E-state index in [0.29, 0.717) is 6.54 Å². The first kappa shape index (κ1) is 15.8. The molecule has 2 rings (SSSR count). The molecule has 116 valence electrons. The SMILES string of the molecule is CCCNC(=O)CNCc1ccc(N2CCCCC2)cc1. The summed E-state index contributed by atoms with van der Waals surface area (Å²) in [6, 6.07) is 8.70. The van der Waals surface area contributed by atoms with Crippen LogP contribution in [0.5, 0.6) is 0 Å². The van der Waals surface area contributed by atoms with Gasteiger partial charge in [-0.15, -0.1) is 0 Å². The van der Waals surface area contributed by atoms with Gasteiger partial charge in [-0.2, -0.15) is 0 Å². The van der Waals surface area contributed by atoms with Crippen LogP contribution in [0.25, 0.3) is 0 Å². The van der Waals surface area contributed by atoms with E-state index in [4.69, 9.17) is 0 Å². The molecule has 1 aromatic carbocycles. The fraction of sp³-hybridized carbons (Fsp3) is 0.588. The van der Waals surface area contributed by atoms with Crippen LogP contribution in [0.3, 0.4) is 0 Å². The van der Waals surface area contributed by atoms with Gasteiger partial charge in [0.1, 0.15) is 0 Å². The number of amides is 1. The van der Waals surface area contributed by atoms with Gasteiger partial charge in [0, 0.05) is 31.9 Å². The molecule has 0 radical (unpaired) electrons. The van der Waals surface area contributed by atoms with E-state index in [9.17, 15) is 4.79 Å². The molecule has 0 unspecified atom stereocenters. The zero-order valence-corrected chi connectivity index (χ0v) is 13.0. The maximum Gasteiger partial charge on any atom is 0.233 e. The van der Waals surface area contributed by atoms with E-state index in [1.807, 2.05) is 0 Å². The van der Waals surface area contributed by atoms with Crippen LogP contribution < -0.4 is 15.5 Å². The smallest absolute Gasteiger partial charge is 0.233 e. The molecule has 1 saturated heterocycles. The van der Waals surface area contributed by atoms with Gasteiger partial charge in [-0.3, -0.25) is 4.79 Å². The minimum absolute atomic E-state index is 0.0711. The molecule has 1 fully saturated rings. The molecule has 1 aliphatic heterocycles. The molecule has 1 aliphatic rings. The third-order valence-electron chi connectivity index (χ3n) is 3.84. The molecule has 4 heteroatoms. The van der Waals surface area contributed by atoms with Crippen molar-refractivity contribution in [3.8, 4) is 0 Å².